The maximum Gasteiger partial charge on any atom is 0.166 e. The lowest BCUT2D eigenvalue weighted by Gasteiger charge is -2.08. The van der Waals surface area contributed by atoms with E-state index in [1.54, 1.807) is 14.1 Å². The summed E-state index contributed by atoms with van der Waals surface area (Å²) in [6, 6.07) is 0. The Bertz CT molecular complexity index is 192. The summed E-state index contributed by atoms with van der Waals surface area (Å²) in [5.74, 6) is 0. The van der Waals surface area contributed by atoms with E-state index >= 15 is 0 Å². The Morgan fingerprint density at radius 1 is 0.778 bits per heavy atom. The van der Waals surface area contributed by atoms with Crippen molar-refractivity contribution in [2.45, 2.75) is 39.5 Å². The lowest BCUT2D eigenvalue weighted by atomic mass is 10.3. The van der Waals surface area contributed by atoms with E-state index in [2.05, 4.69) is 47.3 Å². The minimum absolute atomic E-state index is 0.676. The molecule has 0 rings (SSSR count). The Balaban J connectivity index is 0. The summed E-state index contributed by atoms with van der Waals surface area (Å²) >= 11 is 9.69. The minimum Gasteiger partial charge on any atom is -0.366 e. The molecule has 0 unspecified atom stereocenters. The molecule has 108 valence electrons. The molecular formula is C12H28N4S2. The molecule has 0 atom stereocenters. The summed E-state index contributed by atoms with van der Waals surface area (Å²) in [4.78, 5) is 0. The van der Waals surface area contributed by atoms with Crippen molar-refractivity contribution in [1.29, 1.82) is 0 Å². The number of thiocarbonyl (C=S) groups is 2. The van der Waals surface area contributed by atoms with Crippen LogP contribution < -0.4 is 21.3 Å². The van der Waals surface area contributed by atoms with Crippen molar-refractivity contribution in [1.82, 2.24) is 21.3 Å². The highest BCUT2D eigenvalue weighted by Crippen LogP contribution is 1.84. The summed E-state index contributed by atoms with van der Waals surface area (Å²) in [6.45, 7) is 6.34. The highest BCUT2D eigenvalue weighted by Gasteiger charge is 1.91. The van der Waals surface area contributed by atoms with E-state index in [9.17, 15) is 0 Å². The zero-order valence-corrected chi connectivity index (χ0v) is 13.7. The number of nitrogens with one attached hydrogen (secondary N) is 4. The highest BCUT2D eigenvalue weighted by molar-refractivity contribution is 7.80. The SMILES string of the molecule is CCCCNC(=S)NCCCC.CNC(=S)NC. The molecule has 0 saturated carbocycles. The normalized spacial score (nSPS) is 8.67. The minimum atomic E-state index is 0.676. The van der Waals surface area contributed by atoms with Crippen molar-refractivity contribution in [2.75, 3.05) is 27.2 Å². The van der Waals surface area contributed by atoms with Gasteiger partial charge in [-0.2, -0.15) is 0 Å². The van der Waals surface area contributed by atoms with E-state index < -0.39 is 0 Å². The molecule has 0 aromatic heterocycles. The van der Waals surface area contributed by atoms with Crippen LogP contribution in [0.4, 0.5) is 0 Å². The molecule has 0 fully saturated rings. The van der Waals surface area contributed by atoms with Crippen LogP contribution in [0.25, 0.3) is 0 Å². The van der Waals surface area contributed by atoms with Gasteiger partial charge in [0.2, 0.25) is 0 Å². The quantitative estimate of drug-likeness (QED) is 0.442. The van der Waals surface area contributed by atoms with E-state index in [-0.39, 0.29) is 0 Å². The zero-order chi connectivity index (χ0) is 14.2. The molecule has 0 aromatic rings. The molecule has 6 heteroatoms. The van der Waals surface area contributed by atoms with Crippen molar-refractivity contribution in [3.63, 3.8) is 0 Å². The van der Waals surface area contributed by atoms with Crippen LogP contribution in [-0.2, 0) is 0 Å². The van der Waals surface area contributed by atoms with Gasteiger partial charge in [0.1, 0.15) is 0 Å². The number of hydrogen-bond donors (Lipinski definition) is 4. The molecule has 0 spiro atoms. The molecule has 0 aromatic carbocycles. The second-order valence-corrected chi connectivity index (χ2v) is 4.54. The van der Waals surface area contributed by atoms with Crippen LogP contribution >= 0.6 is 24.4 Å². The van der Waals surface area contributed by atoms with E-state index in [0.717, 1.165) is 18.2 Å². The highest BCUT2D eigenvalue weighted by atomic mass is 32.1. The first-order chi connectivity index (χ1) is 8.62. The first-order valence-electron chi connectivity index (χ1n) is 6.53. The maximum atomic E-state index is 5.06. The van der Waals surface area contributed by atoms with Crippen LogP contribution in [0.3, 0.4) is 0 Å². The van der Waals surface area contributed by atoms with Gasteiger partial charge in [-0.25, -0.2) is 0 Å². The van der Waals surface area contributed by atoms with Gasteiger partial charge < -0.3 is 21.3 Å². The summed E-state index contributed by atoms with van der Waals surface area (Å²) in [7, 11) is 3.55. The molecule has 4 nitrogen and oxygen atoms in total. The third kappa shape index (κ3) is 17.8. The fourth-order valence-electron chi connectivity index (χ4n) is 0.945. The van der Waals surface area contributed by atoms with Gasteiger partial charge in [-0.1, -0.05) is 26.7 Å². The van der Waals surface area contributed by atoms with Gasteiger partial charge in [0.05, 0.1) is 0 Å². The van der Waals surface area contributed by atoms with Gasteiger partial charge >= 0.3 is 0 Å². The van der Waals surface area contributed by atoms with E-state index in [1.807, 2.05) is 0 Å². The fourth-order valence-corrected chi connectivity index (χ4v) is 1.15. The lowest BCUT2D eigenvalue weighted by molar-refractivity contribution is 0.715. The molecule has 18 heavy (non-hydrogen) atoms. The van der Waals surface area contributed by atoms with Gasteiger partial charge in [0, 0.05) is 27.2 Å². The Kier molecular flexibility index (Phi) is 17.9. The number of unbranched alkanes of at least 4 members (excludes halogenated alkanes) is 2. The molecular weight excluding hydrogens is 264 g/mol. The van der Waals surface area contributed by atoms with Crippen LogP contribution in [0.5, 0.6) is 0 Å². The van der Waals surface area contributed by atoms with Gasteiger partial charge in [-0.3, -0.25) is 0 Å². The molecule has 0 bridgehead atoms. The van der Waals surface area contributed by atoms with Crippen molar-refractivity contribution >= 4 is 34.7 Å². The van der Waals surface area contributed by atoms with Crippen LogP contribution in [0.2, 0.25) is 0 Å². The fraction of sp³-hybridized carbons (Fsp3) is 0.833. The Hall–Kier alpha value is -0.620. The zero-order valence-electron chi connectivity index (χ0n) is 12.1. The Morgan fingerprint density at radius 2 is 1.17 bits per heavy atom. The average Bonchev–Trinajstić information content (AvgIpc) is 2.39. The second-order valence-electron chi connectivity index (χ2n) is 3.72. The third-order valence-corrected chi connectivity index (χ3v) is 2.78. The molecule has 0 aliphatic rings. The summed E-state index contributed by atoms with van der Waals surface area (Å²) in [5, 5.41) is 13.3. The largest absolute Gasteiger partial charge is 0.366 e. The van der Waals surface area contributed by atoms with Crippen molar-refractivity contribution < 1.29 is 0 Å². The second kappa shape index (κ2) is 16.4. The summed E-state index contributed by atoms with van der Waals surface area (Å²) in [5.41, 5.74) is 0. The molecule has 0 aliphatic carbocycles. The predicted octanol–water partition coefficient (Wildman–Crippen LogP) is 1.76. The maximum absolute atomic E-state index is 5.06. The molecule has 0 aliphatic heterocycles. The van der Waals surface area contributed by atoms with Crippen molar-refractivity contribution in [2.24, 2.45) is 0 Å². The average molecular weight is 293 g/mol. The Labute approximate surface area is 123 Å². The first kappa shape index (κ1) is 19.7. The van der Waals surface area contributed by atoms with Gasteiger partial charge in [-0.05, 0) is 37.3 Å². The third-order valence-electron chi connectivity index (χ3n) is 2.09. The Morgan fingerprint density at radius 3 is 1.39 bits per heavy atom. The smallest absolute Gasteiger partial charge is 0.166 e. The molecule has 0 radical (unpaired) electrons. The molecule has 4 N–H and O–H groups in total. The van der Waals surface area contributed by atoms with Crippen LogP contribution in [0.15, 0.2) is 0 Å². The van der Waals surface area contributed by atoms with E-state index in [0.29, 0.717) is 5.11 Å². The van der Waals surface area contributed by atoms with E-state index in [1.165, 1.54) is 25.7 Å². The van der Waals surface area contributed by atoms with Crippen molar-refractivity contribution in [3.05, 3.63) is 0 Å². The lowest BCUT2D eigenvalue weighted by Crippen LogP contribution is -2.36. The number of hydrogen-bond acceptors (Lipinski definition) is 2. The predicted molar refractivity (Wildman–Crippen MR) is 89.1 cm³/mol. The van der Waals surface area contributed by atoms with Gasteiger partial charge in [0.25, 0.3) is 0 Å². The number of rotatable bonds is 6. The summed E-state index contributed by atoms with van der Waals surface area (Å²) in [6.07, 6.45) is 4.81. The molecule has 0 heterocycles. The van der Waals surface area contributed by atoms with Gasteiger partial charge in [-0.15, -0.1) is 0 Å². The van der Waals surface area contributed by atoms with Crippen LogP contribution in [0, 0.1) is 0 Å². The van der Waals surface area contributed by atoms with Crippen LogP contribution in [0.1, 0.15) is 39.5 Å². The van der Waals surface area contributed by atoms with Crippen LogP contribution in [-0.4, -0.2) is 37.4 Å². The molecule has 0 saturated heterocycles. The molecule has 0 amide bonds. The standard InChI is InChI=1S/C9H20N2S.C3H8N2S/c1-3-5-7-10-9(12)11-8-6-4-2;1-4-3(6)5-2/h3-8H2,1-2H3,(H2,10,11,12);1-2H3,(H2,4,5,6). The monoisotopic (exact) mass is 292 g/mol. The topological polar surface area (TPSA) is 48.1 Å². The van der Waals surface area contributed by atoms with E-state index in [4.69, 9.17) is 12.2 Å². The summed E-state index contributed by atoms with van der Waals surface area (Å²) < 4.78 is 0. The van der Waals surface area contributed by atoms with Gasteiger partial charge in [0.15, 0.2) is 10.2 Å². The first-order valence-corrected chi connectivity index (χ1v) is 7.35. The van der Waals surface area contributed by atoms with Crippen molar-refractivity contribution in [3.8, 4) is 0 Å².